The van der Waals surface area contributed by atoms with E-state index in [1.165, 1.54) is 0 Å². The Bertz CT molecular complexity index is 1190. The number of nitrogens with zero attached hydrogens (tertiary/aromatic N) is 1. The maximum atomic E-state index is 15.0. The first-order chi connectivity index (χ1) is 16.4. The van der Waals surface area contributed by atoms with Crippen molar-refractivity contribution in [2.75, 3.05) is 0 Å². The number of hydrogen-bond acceptors (Lipinski definition) is 1. The van der Waals surface area contributed by atoms with Crippen molar-refractivity contribution in [1.82, 2.24) is 4.98 Å². The van der Waals surface area contributed by atoms with Crippen LogP contribution in [0.5, 0.6) is 0 Å². The van der Waals surface area contributed by atoms with Crippen molar-refractivity contribution in [2.24, 2.45) is 17.8 Å². The molecule has 1 saturated carbocycles. The van der Waals surface area contributed by atoms with E-state index in [0.29, 0.717) is 0 Å². The summed E-state index contributed by atoms with van der Waals surface area (Å²) in [5.41, 5.74) is 1.55. The molecule has 197 valence electrons. The normalized spacial score (nSPS) is 23.6. The van der Waals surface area contributed by atoms with Crippen LogP contribution in [0.3, 0.4) is 0 Å². The van der Waals surface area contributed by atoms with Gasteiger partial charge in [0.05, 0.1) is 13.6 Å². The first-order valence-corrected chi connectivity index (χ1v) is 17.7. The monoisotopic (exact) mass is 600 g/mol. The molecule has 1 nitrogen and oxygen atoms in total. The predicted molar refractivity (Wildman–Crippen MR) is 137 cm³/mol. The summed E-state index contributed by atoms with van der Waals surface area (Å²) >= 11 is -0.181. The second-order valence-corrected chi connectivity index (χ2v) is 16.5. The molecular weight excluding hydrogens is 572 g/mol. The fourth-order valence-corrected chi connectivity index (χ4v) is 10.8. The van der Waals surface area contributed by atoms with E-state index in [2.05, 4.69) is 18.8 Å². The molecular formula is C26H29Cl2CrF5NSi. The Morgan fingerprint density at radius 3 is 1.83 bits per heavy atom. The van der Waals surface area contributed by atoms with Gasteiger partial charge in [0.2, 0.25) is 5.82 Å². The van der Waals surface area contributed by atoms with Gasteiger partial charge in [0, 0.05) is 16.8 Å². The van der Waals surface area contributed by atoms with Gasteiger partial charge < -0.3 is 7.43 Å². The topological polar surface area (TPSA) is 12.9 Å². The quantitative estimate of drug-likeness (QED) is 0.0962. The van der Waals surface area contributed by atoms with Crippen molar-refractivity contribution in [3.05, 3.63) is 78.6 Å². The van der Waals surface area contributed by atoms with E-state index in [-0.39, 0.29) is 50.0 Å². The number of para-hydroxylation sites is 1. The molecule has 5 unspecified atom stereocenters. The molecule has 1 heterocycles. The summed E-state index contributed by atoms with van der Waals surface area (Å²) in [4.78, 5) is 4.57. The summed E-state index contributed by atoms with van der Waals surface area (Å²) in [6, 6.07) is 9.68. The van der Waals surface area contributed by atoms with Crippen LogP contribution in [0.2, 0.25) is 18.6 Å². The number of pyridine rings is 1. The van der Waals surface area contributed by atoms with Gasteiger partial charge in [-0.2, -0.15) is 0 Å². The van der Waals surface area contributed by atoms with Gasteiger partial charge in [0.1, 0.15) is 0 Å². The average molecular weight is 602 g/mol. The van der Waals surface area contributed by atoms with E-state index in [9.17, 15) is 22.0 Å². The summed E-state index contributed by atoms with van der Waals surface area (Å²) in [6.07, 6.45) is 1.71. The van der Waals surface area contributed by atoms with Crippen LogP contribution in [0.15, 0.2) is 36.5 Å². The number of halogens is 7. The molecule has 4 rings (SSSR count). The second kappa shape index (κ2) is 12.1. The van der Waals surface area contributed by atoms with Crippen LogP contribution in [0.25, 0.3) is 10.9 Å². The fraction of sp³-hybridized carbons (Fsp3) is 0.385. The molecule has 10 heteroatoms. The molecule has 2 aromatic carbocycles. The van der Waals surface area contributed by atoms with Crippen molar-refractivity contribution < 1.29 is 35.3 Å². The van der Waals surface area contributed by atoms with E-state index in [4.69, 9.17) is 20.1 Å². The molecule has 0 N–H and O–H groups in total. The number of rotatable bonds is 3. The van der Waals surface area contributed by atoms with Crippen LogP contribution in [-0.4, -0.2) is 13.1 Å². The van der Waals surface area contributed by atoms with E-state index < -0.39 is 42.3 Å². The molecule has 1 aliphatic rings. The Morgan fingerprint density at radius 1 is 0.778 bits per heavy atom. The number of aromatic nitrogens is 1. The molecule has 0 radical (unpaired) electrons. The Kier molecular flexibility index (Phi) is 10.5. The Labute approximate surface area is 225 Å². The van der Waals surface area contributed by atoms with Crippen LogP contribution < -0.4 is 5.19 Å². The third kappa shape index (κ3) is 5.22. The van der Waals surface area contributed by atoms with Crippen LogP contribution in [0.4, 0.5) is 22.0 Å². The van der Waals surface area contributed by atoms with E-state index in [0.717, 1.165) is 16.5 Å². The van der Waals surface area contributed by atoms with Crippen LogP contribution in [0.1, 0.15) is 32.3 Å². The first kappa shape index (κ1) is 31.0. The summed E-state index contributed by atoms with van der Waals surface area (Å²) in [5, 5.41) is 0.351. The molecule has 3 aromatic rings. The molecule has 1 aromatic heterocycles. The number of benzene rings is 2. The molecule has 36 heavy (non-hydrogen) atoms. The molecule has 0 spiro atoms. The van der Waals surface area contributed by atoms with Crippen molar-refractivity contribution in [1.29, 1.82) is 0 Å². The zero-order valence-corrected chi connectivity index (χ0v) is 24.6. The molecule has 0 saturated heterocycles. The van der Waals surface area contributed by atoms with Crippen LogP contribution >= 0.6 is 20.1 Å². The van der Waals surface area contributed by atoms with Gasteiger partial charge in [0.25, 0.3) is 0 Å². The van der Waals surface area contributed by atoms with Gasteiger partial charge in [0.15, 0.2) is 23.3 Å². The summed E-state index contributed by atoms with van der Waals surface area (Å²) in [6.45, 7) is 9.69. The summed E-state index contributed by atoms with van der Waals surface area (Å²) < 4.78 is 72.0. The zero-order valence-electron chi connectivity index (χ0n) is 20.9. The minimum atomic E-state index is -3.23. The van der Waals surface area contributed by atoms with Crippen molar-refractivity contribution >= 4 is 44.3 Å². The molecule has 0 amide bonds. The maximum absolute atomic E-state index is 15.0. The molecule has 1 fully saturated rings. The second-order valence-electron chi connectivity index (χ2n) is 9.78. The van der Waals surface area contributed by atoms with Gasteiger partial charge in [-0.15, -0.1) is 0 Å². The molecule has 0 aliphatic heterocycles. The van der Waals surface area contributed by atoms with Gasteiger partial charge >= 0.3 is 33.5 Å². The average Bonchev–Trinajstić information content (AvgIpc) is 3.06. The number of fused-ring (bicyclic) bond motifs is 1. The van der Waals surface area contributed by atoms with Crippen LogP contribution in [-0.2, 0) is 13.4 Å². The Hall–Kier alpha value is -1.17. The zero-order chi connectivity index (χ0) is 26.2. The molecule has 5 atom stereocenters. The van der Waals surface area contributed by atoms with Gasteiger partial charge in [-0.1, -0.05) is 58.1 Å². The van der Waals surface area contributed by atoms with E-state index in [1.807, 2.05) is 37.3 Å². The fourth-order valence-electron chi connectivity index (χ4n) is 6.10. The summed E-state index contributed by atoms with van der Waals surface area (Å²) in [5.74, 6) is -8.94. The number of hydrogen-bond donors (Lipinski definition) is 0. The van der Waals surface area contributed by atoms with E-state index in [1.54, 1.807) is 19.3 Å². The third-order valence-corrected chi connectivity index (χ3v) is 12.2. The predicted octanol–water partition coefficient (Wildman–Crippen LogP) is 8.75. The molecule has 0 bridgehead atoms. The summed E-state index contributed by atoms with van der Waals surface area (Å²) in [7, 11) is 6.43. The van der Waals surface area contributed by atoms with Crippen molar-refractivity contribution in [2.45, 2.75) is 45.3 Å². The van der Waals surface area contributed by atoms with Crippen molar-refractivity contribution in [3.8, 4) is 0 Å². The molecule has 1 aliphatic carbocycles. The third-order valence-electron chi connectivity index (χ3n) is 7.89. The Balaban J connectivity index is 0.00000109. The van der Waals surface area contributed by atoms with E-state index >= 15 is 0 Å². The van der Waals surface area contributed by atoms with Gasteiger partial charge in [-0.25, -0.2) is 22.0 Å². The SMILES string of the molecule is CC1C(C)C(c2cccc3cccnc23)C([Si](C)(C)c2c(F)c(F)c(F)c(F)c2F)C1C.[CH3-].[Cl][Cr+][Cl]. The van der Waals surface area contributed by atoms with Gasteiger partial charge in [-0.3, -0.25) is 4.98 Å². The first-order valence-electron chi connectivity index (χ1n) is 11.2. The van der Waals surface area contributed by atoms with Crippen molar-refractivity contribution in [3.63, 3.8) is 0 Å². The van der Waals surface area contributed by atoms with Gasteiger partial charge in [-0.05, 0) is 40.8 Å². The minimum absolute atomic E-state index is 0. The standard InChI is InChI=1S/C25H26F5NSi.CH3.2ClH.Cr/c1-12-13(2)17(16-10-6-8-15-9-7-11-31-23(15)16)24(14(12)3)32(4,5)25-21(29)19(27)18(26)20(28)22(25)30;;;;/h6-14,17,24H,1-5H3;1H3;2*1H;/q;-1;;;+3/p-2. The van der Waals surface area contributed by atoms with Crippen LogP contribution in [0, 0.1) is 54.3 Å². The Morgan fingerprint density at radius 2 is 1.28 bits per heavy atom.